The molecule has 0 radical (unpaired) electrons. The van der Waals surface area contributed by atoms with Crippen molar-refractivity contribution < 1.29 is 4.79 Å². The van der Waals surface area contributed by atoms with Crippen molar-refractivity contribution in [3.05, 3.63) is 27.7 Å². The number of anilines is 1. The van der Waals surface area contributed by atoms with Crippen LogP contribution in [0.5, 0.6) is 0 Å². The topological polar surface area (TPSA) is 43.1 Å². The average Bonchev–Trinajstić information content (AvgIpc) is 2.02. The van der Waals surface area contributed by atoms with E-state index < -0.39 is 0 Å². The third kappa shape index (κ3) is 2.14. The molecule has 70 valence electrons. The standard InChI is InChI=1S/C9H9Cl2NO/c1-2-8(13)9-6(11)3-5(10)4-7(9)12/h3-4H,2,12H2,1H3. The van der Waals surface area contributed by atoms with E-state index in [9.17, 15) is 4.79 Å². The molecule has 13 heavy (non-hydrogen) atoms. The van der Waals surface area contributed by atoms with Crippen LogP contribution < -0.4 is 5.73 Å². The van der Waals surface area contributed by atoms with Crippen LogP contribution in [0.25, 0.3) is 0 Å². The molecule has 0 aliphatic heterocycles. The summed E-state index contributed by atoms with van der Waals surface area (Å²) in [5.41, 5.74) is 6.32. The minimum Gasteiger partial charge on any atom is -0.398 e. The summed E-state index contributed by atoms with van der Waals surface area (Å²) < 4.78 is 0. The summed E-state index contributed by atoms with van der Waals surface area (Å²) in [5.74, 6) is -0.0702. The van der Waals surface area contributed by atoms with E-state index in [1.165, 1.54) is 12.1 Å². The van der Waals surface area contributed by atoms with Gasteiger partial charge >= 0.3 is 0 Å². The predicted octanol–water partition coefficient (Wildman–Crippen LogP) is 3.17. The quantitative estimate of drug-likeness (QED) is 0.611. The average molecular weight is 218 g/mol. The molecule has 4 heteroatoms. The summed E-state index contributed by atoms with van der Waals surface area (Å²) in [5, 5.41) is 0.756. The summed E-state index contributed by atoms with van der Waals surface area (Å²) in [7, 11) is 0. The molecule has 0 saturated heterocycles. The summed E-state index contributed by atoms with van der Waals surface area (Å²) in [6.45, 7) is 1.76. The van der Waals surface area contributed by atoms with E-state index >= 15 is 0 Å². The van der Waals surface area contributed by atoms with Crippen molar-refractivity contribution in [1.82, 2.24) is 0 Å². The molecule has 0 amide bonds. The molecule has 2 N–H and O–H groups in total. The Morgan fingerprint density at radius 1 is 1.46 bits per heavy atom. The van der Waals surface area contributed by atoms with Crippen molar-refractivity contribution in [2.45, 2.75) is 13.3 Å². The highest BCUT2D eigenvalue weighted by Crippen LogP contribution is 2.27. The monoisotopic (exact) mass is 217 g/mol. The Kier molecular flexibility index (Phi) is 3.17. The molecule has 0 bridgehead atoms. The maximum atomic E-state index is 11.4. The zero-order valence-corrected chi connectivity index (χ0v) is 8.62. The molecule has 0 spiro atoms. The lowest BCUT2D eigenvalue weighted by Crippen LogP contribution is -2.03. The molecule has 0 heterocycles. The lowest BCUT2D eigenvalue weighted by Gasteiger charge is -2.05. The Hall–Kier alpha value is -0.730. The van der Waals surface area contributed by atoms with Crippen LogP contribution in [0.1, 0.15) is 23.7 Å². The Labute approximate surface area is 86.6 Å². The van der Waals surface area contributed by atoms with Gasteiger partial charge in [-0.25, -0.2) is 0 Å². The molecule has 0 aromatic heterocycles. The molecule has 0 aliphatic carbocycles. The van der Waals surface area contributed by atoms with Crippen molar-refractivity contribution in [1.29, 1.82) is 0 Å². The molecular formula is C9H9Cl2NO. The second-order valence-electron chi connectivity index (χ2n) is 2.63. The SMILES string of the molecule is CCC(=O)c1c(N)cc(Cl)cc1Cl. The zero-order chi connectivity index (χ0) is 10.0. The predicted molar refractivity (Wildman–Crippen MR) is 55.5 cm³/mol. The number of carbonyl (C=O) groups is 1. The second-order valence-corrected chi connectivity index (χ2v) is 3.47. The van der Waals surface area contributed by atoms with Crippen LogP contribution in [0.3, 0.4) is 0 Å². The van der Waals surface area contributed by atoms with E-state index in [0.717, 1.165) is 0 Å². The lowest BCUT2D eigenvalue weighted by atomic mass is 10.1. The van der Waals surface area contributed by atoms with E-state index in [1.807, 2.05) is 0 Å². The number of halogens is 2. The normalized spacial score (nSPS) is 10.1. The minimum absolute atomic E-state index is 0.0702. The van der Waals surface area contributed by atoms with Gasteiger partial charge in [0.2, 0.25) is 0 Å². The Balaban J connectivity index is 3.28. The third-order valence-corrected chi connectivity index (χ3v) is 2.20. The first kappa shape index (κ1) is 10.4. The van der Waals surface area contributed by atoms with E-state index in [1.54, 1.807) is 6.92 Å². The molecule has 1 rings (SSSR count). The van der Waals surface area contributed by atoms with Crippen LogP contribution in [-0.2, 0) is 0 Å². The lowest BCUT2D eigenvalue weighted by molar-refractivity contribution is 0.0989. The van der Waals surface area contributed by atoms with Gasteiger partial charge in [-0.1, -0.05) is 30.1 Å². The van der Waals surface area contributed by atoms with Crippen LogP contribution in [0.2, 0.25) is 10.0 Å². The molecule has 0 unspecified atom stereocenters. The minimum atomic E-state index is -0.0702. The molecule has 0 aliphatic rings. The van der Waals surface area contributed by atoms with Gasteiger partial charge in [-0.15, -0.1) is 0 Å². The third-order valence-electron chi connectivity index (χ3n) is 1.69. The summed E-state index contributed by atoms with van der Waals surface area (Å²) in [6, 6.07) is 3.04. The van der Waals surface area contributed by atoms with Gasteiger partial charge in [0, 0.05) is 17.1 Å². The smallest absolute Gasteiger partial charge is 0.166 e. The second kappa shape index (κ2) is 3.99. The maximum absolute atomic E-state index is 11.4. The van der Waals surface area contributed by atoms with Crippen LogP contribution in [0, 0.1) is 0 Å². The number of hydrogen-bond acceptors (Lipinski definition) is 2. The maximum Gasteiger partial charge on any atom is 0.166 e. The summed E-state index contributed by atoms with van der Waals surface area (Å²) in [4.78, 5) is 11.4. The summed E-state index contributed by atoms with van der Waals surface area (Å²) in [6.07, 6.45) is 0.381. The number of nitrogen functional groups attached to an aromatic ring is 1. The number of rotatable bonds is 2. The van der Waals surface area contributed by atoms with Crippen molar-refractivity contribution in [2.75, 3.05) is 5.73 Å². The van der Waals surface area contributed by atoms with Gasteiger partial charge < -0.3 is 5.73 Å². The van der Waals surface area contributed by atoms with Crippen molar-refractivity contribution in [2.24, 2.45) is 0 Å². The van der Waals surface area contributed by atoms with E-state index in [4.69, 9.17) is 28.9 Å². The number of carbonyl (C=O) groups excluding carboxylic acids is 1. The van der Waals surface area contributed by atoms with E-state index in [0.29, 0.717) is 27.7 Å². The van der Waals surface area contributed by atoms with Gasteiger partial charge in [0.05, 0.1) is 10.6 Å². The zero-order valence-electron chi connectivity index (χ0n) is 7.10. The van der Waals surface area contributed by atoms with Crippen molar-refractivity contribution >= 4 is 34.7 Å². The Morgan fingerprint density at radius 2 is 2.08 bits per heavy atom. The van der Waals surface area contributed by atoms with Gasteiger partial charge in [0.1, 0.15) is 0 Å². The first-order valence-electron chi connectivity index (χ1n) is 3.84. The van der Waals surface area contributed by atoms with Gasteiger partial charge in [-0.3, -0.25) is 4.79 Å². The first-order valence-corrected chi connectivity index (χ1v) is 4.59. The highest BCUT2D eigenvalue weighted by Gasteiger charge is 2.12. The van der Waals surface area contributed by atoms with Crippen molar-refractivity contribution in [3.63, 3.8) is 0 Å². The van der Waals surface area contributed by atoms with E-state index in [2.05, 4.69) is 0 Å². The van der Waals surface area contributed by atoms with Crippen LogP contribution in [0.15, 0.2) is 12.1 Å². The number of hydrogen-bond donors (Lipinski definition) is 1. The van der Waals surface area contributed by atoms with Gasteiger partial charge in [-0.2, -0.15) is 0 Å². The number of benzene rings is 1. The van der Waals surface area contributed by atoms with Crippen molar-refractivity contribution in [3.8, 4) is 0 Å². The van der Waals surface area contributed by atoms with Gasteiger partial charge in [0.25, 0.3) is 0 Å². The number of nitrogens with two attached hydrogens (primary N) is 1. The molecule has 1 aromatic rings. The molecule has 1 aromatic carbocycles. The first-order chi connectivity index (χ1) is 6.06. The number of ketones is 1. The summed E-state index contributed by atoms with van der Waals surface area (Å²) >= 11 is 11.5. The fourth-order valence-corrected chi connectivity index (χ4v) is 1.68. The van der Waals surface area contributed by atoms with Crippen LogP contribution in [0.4, 0.5) is 5.69 Å². The fraction of sp³-hybridized carbons (Fsp3) is 0.222. The Morgan fingerprint density at radius 3 is 2.54 bits per heavy atom. The van der Waals surface area contributed by atoms with Crippen LogP contribution in [-0.4, -0.2) is 5.78 Å². The molecule has 2 nitrogen and oxygen atoms in total. The Bertz CT molecular complexity index is 326. The highest BCUT2D eigenvalue weighted by atomic mass is 35.5. The highest BCUT2D eigenvalue weighted by molar-refractivity contribution is 6.37. The fourth-order valence-electron chi connectivity index (χ4n) is 1.06. The van der Waals surface area contributed by atoms with Crippen LogP contribution >= 0.6 is 23.2 Å². The molecule has 0 saturated carbocycles. The number of Topliss-reactive ketones (excluding diaryl/α,β-unsaturated/α-hetero) is 1. The molecule has 0 fully saturated rings. The van der Waals surface area contributed by atoms with E-state index in [-0.39, 0.29) is 5.78 Å². The largest absolute Gasteiger partial charge is 0.398 e. The molecular weight excluding hydrogens is 209 g/mol. The molecule has 0 atom stereocenters. The van der Waals surface area contributed by atoms with Gasteiger partial charge in [-0.05, 0) is 12.1 Å². The van der Waals surface area contributed by atoms with Gasteiger partial charge in [0.15, 0.2) is 5.78 Å².